The standard InChI is InChI=1S/C39H27N3O/c1-4-12-26(13-5-1)27-22-24-28(25-23-27)31-18-10-19-32-35-33(20-11-21-34(35)43-36(31)32)39-41-37(29-14-6-2-7-15-29)40-38(42-39)30-16-8-3-9-17-30/h1-25,39H,(H,40,41,42). The normalized spacial score (nSPS) is 14.7. The third-order valence-electron chi connectivity index (χ3n) is 7.97. The fraction of sp³-hybridized carbons (Fsp3) is 0.0256. The zero-order valence-electron chi connectivity index (χ0n) is 23.3. The first-order valence-corrected chi connectivity index (χ1v) is 14.5. The first-order valence-electron chi connectivity index (χ1n) is 14.5. The van der Waals surface area contributed by atoms with Crippen molar-refractivity contribution in [3.05, 3.63) is 168 Å². The summed E-state index contributed by atoms with van der Waals surface area (Å²) >= 11 is 0. The molecule has 7 aromatic rings. The predicted octanol–water partition coefficient (Wildman–Crippen LogP) is 9.42. The van der Waals surface area contributed by atoms with Crippen LogP contribution in [0.2, 0.25) is 0 Å². The highest BCUT2D eigenvalue weighted by atomic mass is 16.3. The highest BCUT2D eigenvalue weighted by molar-refractivity contribution is 6.14. The lowest BCUT2D eigenvalue weighted by Gasteiger charge is -2.24. The predicted molar refractivity (Wildman–Crippen MR) is 176 cm³/mol. The van der Waals surface area contributed by atoms with Crippen LogP contribution in [0.15, 0.2) is 166 Å². The van der Waals surface area contributed by atoms with Crippen molar-refractivity contribution in [1.29, 1.82) is 0 Å². The molecule has 1 N–H and O–H groups in total. The van der Waals surface area contributed by atoms with Gasteiger partial charge in [0, 0.05) is 33.0 Å². The van der Waals surface area contributed by atoms with Crippen LogP contribution in [0, 0.1) is 0 Å². The van der Waals surface area contributed by atoms with E-state index in [1.54, 1.807) is 0 Å². The van der Waals surface area contributed by atoms with Crippen LogP contribution in [0.25, 0.3) is 44.2 Å². The Bertz CT molecular complexity index is 2130. The Morgan fingerprint density at radius 2 is 1.12 bits per heavy atom. The number of rotatable bonds is 5. The Kier molecular flexibility index (Phi) is 6.16. The Morgan fingerprint density at radius 3 is 1.84 bits per heavy atom. The summed E-state index contributed by atoms with van der Waals surface area (Å²) in [6.07, 6.45) is -0.346. The molecule has 8 rings (SSSR count). The number of hydrogen-bond donors (Lipinski definition) is 1. The van der Waals surface area contributed by atoms with E-state index in [1.165, 1.54) is 11.1 Å². The van der Waals surface area contributed by atoms with Crippen LogP contribution >= 0.6 is 0 Å². The van der Waals surface area contributed by atoms with Crippen molar-refractivity contribution < 1.29 is 4.42 Å². The minimum Gasteiger partial charge on any atom is -0.455 e. The molecule has 1 atom stereocenters. The van der Waals surface area contributed by atoms with E-state index in [0.29, 0.717) is 5.84 Å². The van der Waals surface area contributed by atoms with Crippen LogP contribution in [0.4, 0.5) is 0 Å². The first kappa shape index (κ1) is 25.0. The van der Waals surface area contributed by atoms with Crippen molar-refractivity contribution in [2.24, 2.45) is 9.98 Å². The number of hydrogen-bond acceptors (Lipinski definition) is 4. The van der Waals surface area contributed by atoms with Gasteiger partial charge >= 0.3 is 0 Å². The van der Waals surface area contributed by atoms with E-state index in [2.05, 4.69) is 102 Å². The number of benzene rings is 6. The van der Waals surface area contributed by atoms with E-state index in [4.69, 9.17) is 14.4 Å². The molecule has 4 nitrogen and oxygen atoms in total. The van der Waals surface area contributed by atoms with E-state index in [9.17, 15) is 0 Å². The lowest BCUT2D eigenvalue weighted by atomic mass is 9.97. The first-order chi connectivity index (χ1) is 21.3. The third-order valence-corrected chi connectivity index (χ3v) is 7.97. The van der Waals surface area contributed by atoms with Crippen LogP contribution < -0.4 is 5.32 Å². The number of aliphatic imine (C=N–C) groups is 2. The molecule has 0 bridgehead atoms. The Labute approximate surface area is 249 Å². The van der Waals surface area contributed by atoms with Gasteiger partial charge in [-0.15, -0.1) is 0 Å². The number of nitrogens with one attached hydrogen (secondary N) is 1. The molecule has 43 heavy (non-hydrogen) atoms. The van der Waals surface area contributed by atoms with E-state index in [-0.39, 0.29) is 6.17 Å². The Morgan fingerprint density at radius 1 is 0.512 bits per heavy atom. The molecule has 0 amide bonds. The molecule has 204 valence electrons. The summed E-state index contributed by atoms with van der Waals surface area (Å²) < 4.78 is 6.60. The number of para-hydroxylation sites is 1. The van der Waals surface area contributed by atoms with Crippen molar-refractivity contribution in [1.82, 2.24) is 5.32 Å². The minimum absolute atomic E-state index is 0.346. The van der Waals surface area contributed by atoms with E-state index in [0.717, 1.165) is 55.6 Å². The van der Waals surface area contributed by atoms with Crippen molar-refractivity contribution in [3.8, 4) is 22.3 Å². The highest BCUT2D eigenvalue weighted by Gasteiger charge is 2.25. The molecular formula is C39H27N3O. The Hall–Kier alpha value is -5.74. The molecule has 0 spiro atoms. The van der Waals surface area contributed by atoms with Crippen LogP contribution in [0.5, 0.6) is 0 Å². The number of furan rings is 1. The fourth-order valence-electron chi connectivity index (χ4n) is 5.87. The molecule has 1 unspecified atom stereocenters. The van der Waals surface area contributed by atoms with Gasteiger partial charge < -0.3 is 9.73 Å². The second kappa shape index (κ2) is 10.6. The molecule has 4 heteroatoms. The summed E-state index contributed by atoms with van der Waals surface area (Å²) in [4.78, 5) is 10.1. The van der Waals surface area contributed by atoms with Crippen molar-refractivity contribution in [2.75, 3.05) is 0 Å². The van der Waals surface area contributed by atoms with Gasteiger partial charge in [0.15, 0.2) is 5.84 Å². The Balaban J connectivity index is 1.25. The third kappa shape index (κ3) is 4.59. The van der Waals surface area contributed by atoms with Gasteiger partial charge in [-0.3, -0.25) is 0 Å². The quantitative estimate of drug-likeness (QED) is 0.231. The van der Waals surface area contributed by atoms with E-state index in [1.807, 2.05) is 54.6 Å². The van der Waals surface area contributed by atoms with Gasteiger partial charge in [0.05, 0.1) is 0 Å². The zero-order valence-corrected chi connectivity index (χ0v) is 23.3. The van der Waals surface area contributed by atoms with Gasteiger partial charge in [-0.2, -0.15) is 0 Å². The lowest BCUT2D eigenvalue weighted by Crippen LogP contribution is -2.33. The molecule has 0 fully saturated rings. The smallest absolute Gasteiger partial charge is 0.159 e. The maximum absolute atomic E-state index is 6.60. The molecule has 0 saturated heterocycles. The largest absolute Gasteiger partial charge is 0.455 e. The number of fused-ring (bicyclic) bond motifs is 3. The number of nitrogens with zero attached hydrogens (tertiary/aromatic N) is 2. The average molecular weight is 554 g/mol. The average Bonchev–Trinajstić information content (AvgIpc) is 3.49. The molecule has 1 aliphatic rings. The van der Waals surface area contributed by atoms with Gasteiger partial charge in [-0.25, -0.2) is 9.98 Å². The second-order valence-corrected chi connectivity index (χ2v) is 10.6. The van der Waals surface area contributed by atoms with Gasteiger partial charge in [0.25, 0.3) is 0 Å². The van der Waals surface area contributed by atoms with Crippen molar-refractivity contribution in [3.63, 3.8) is 0 Å². The van der Waals surface area contributed by atoms with Crippen molar-refractivity contribution in [2.45, 2.75) is 6.17 Å². The molecule has 0 aliphatic carbocycles. The summed E-state index contributed by atoms with van der Waals surface area (Å²) in [5.74, 6) is 1.50. The molecule has 0 saturated carbocycles. The molecule has 2 heterocycles. The molecule has 1 aromatic heterocycles. The monoisotopic (exact) mass is 553 g/mol. The van der Waals surface area contributed by atoms with E-state index < -0.39 is 0 Å². The molecule has 1 aliphatic heterocycles. The maximum Gasteiger partial charge on any atom is 0.159 e. The van der Waals surface area contributed by atoms with Crippen molar-refractivity contribution >= 4 is 33.6 Å². The van der Waals surface area contributed by atoms with Gasteiger partial charge in [-0.1, -0.05) is 146 Å². The second-order valence-electron chi connectivity index (χ2n) is 10.6. The molecule has 0 radical (unpaired) electrons. The minimum atomic E-state index is -0.346. The lowest BCUT2D eigenvalue weighted by molar-refractivity contribution is 0.663. The topological polar surface area (TPSA) is 49.9 Å². The maximum atomic E-state index is 6.60. The SMILES string of the molecule is c1ccc(C2=NC(c3cccc4oc5c(-c6ccc(-c7ccccc7)cc6)cccc5c34)NC(c3ccccc3)=N2)cc1. The summed E-state index contributed by atoms with van der Waals surface area (Å²) in [6.45, 7) is 0. The van der Waals surface area contributed by atoms with Crippen LogP contribution in [-0.4, -0.2) is 11.7 Å². The highest BCUT2D eigenvalue weighted by Crippen LogP contribution is 2.40. The van der Waals surface area contributed by atoms with Gasteiger partial charge in [0.2, 0.25) is 0 Å². The van der Waals surface area contributed by atoms with Gasteiger partial charge in [-0.05, 0) is 22.8 Å². The summed E-state index contributed by atoms with van der Waals surface area (Å²) in [5.41, 5.74) is 9.32. The van der Waals surface area contributed by atoms with Crippen LogP contribution in [0.1, 0.15) is 22.9 Å². The molecular weight excluding hydrogens is 526 g/mol. The summed E-state index contributed by atoms with van der Waals surface area (Å²) in [5, 5.41) is 5.75. The summed E-state index contributed by atoms with van der Waals surface area (Å²) in [7, 11) is 0. The van der Waals surface area contributed by atoms with Crippen LogP contribution in [0.3, 0.4) is 0 Å². The summed E-state index contributed by atoms with van der Waals surface area (Å²) in [6, 6.07) is 52.1. The zero-order chi connectivity index (χ0) is 28.6. The molecule has 6 aromatic carbocycles. The van der Waals surface area contributed by atoms with E-state index >= 15 is 0 Å². The number of amidine groups is 2. The fourth-order valence-corrected chi connectivity index (χ4v) is 5.87. The van der Waals surface area contributed by atoms with Crippen LogP contribution in [-0.2, 0) is 0 Å². The van der Waals surface area contributed by atoms with Gasteiger partial charge in [0.1, 0.15) is 23.2 Å².